The standard InChI is InChI=1S/C18H30N4O7S2/c1-31-8-6-11(16(26)21-12(18(28)29)4-5-14(23)24)20-17(27)13(9-30)22-15(25)10-3-2-7-19-10/h10-13,19,30H,2-9H2,1H3,(H,20,27)(H,21,26)(H,22,25)(H,23,24)(H,28,29). The Hall–Kier alpha value is -1.99. The van der Waals surface area contributed by atoms with Gasteiger partial charge in [0.15, 0.2) is 0 Å². The lowest BCUT2D eigenvalue weighted by Gasteiger charge is -2.24. The Balaban J connectivity index is 2.77. The van der Waals surface area contributed by atoms with E-state index in [1.807, 2.05) is 6.26 Å². The fourth-order valence-corrected chi connectivity index (χ4v) is 3.68. The van der Waals surface area contributed by atoms with Crippen molar-refractivity contribution in [1.82, 2.24) is 21.3 Å². The highest BCUT2D eigenvalue weighted by molar-refractivity contribution is 7.98. The van der Waals surface area contributed by atoms with Crippen LogP contribution >= 0.6 is 24.4 Å². The monoisotopic (exact) mass is 478 g/mol. The molecule has 6 N–H and O–H groups in total. The topological polar surface area (TPSA) is 174 Å². The number of nitrogens with one attached hydrogen (secondary N) is 4. The second-order valence-corrected chi connectivity index (χ2v) is 8.42. The highest BCUT2D eigenvalue weighted by Crippen LogP contribution is 2.07. The van der Waals surface area contributed by atoms with Crippen molar-refractivity contribution in [3.8, 4) is 0 Å². The lowest BCUT2D eigenvalue weighted by atomic mass is 10.1. The first-order valence-corrected chi connectivity index (χ1v) is 11.9. The third kappa shape index (κ3) is 9.78. The maximum atomic E-state index is 12.7. The zero-order valence-electron chi connectivity index (χ0n) is 17.3. The number of thiol groups is 1. The van der Waals surface area contributed by atoms with Crippen molar-refractivity contribution in [2.24, 2.45) is 0 Å². The van der Waals surface area contributed by atoms with Gasteiger partial charge in [0.05, 0.1) is 6.04 Å². The van der Waals surface area contributed by atoms with Crippen molar-refractivity contribution in [2.45, 2.75) is 56.3 Å². The number of aliphatic carboxylic acids is 2. The van der Waals surface area contributed by atoms with Crippen LogP contribution in [-0.4, -0.2) is 88.3 Å². The van der Waals surface area contributed by atoms with Crippen LogP contribution in [-0.2, 0) is 24.0 Å². The van der Waals surface area contributed by atoms with E-state index in [1.165, 1.54) is 11.8 Å². The third-order valence-electron chi connectivity index (χ3n) is 4.70. The van der Waals surface area contributed by atoms with Crippen LogP contribution in [0.25, 0.3) is 0 Å². The maximum Gasteiger partial charge on any atom is 0.326 e. The Morgan fingerprint density at radius 3 is 2.19 bits per heavy atom. The maximum absolute atomic E-state index is 12.7. The molecule has 1 saturated heterocycles. The lowest BCUT2D eigenvalue weighted by molar-refractivity contribution is -0.143. The Bertz CT molecular complexity index is 659. The highest BCUT2D eigenvalue weighted by atomic mass is 32.2. The number of rotatable bonds is 14. The molecule has 0 aromatic carbocycles. The second kappa shape index (κ2) is 14.1. The molecule has 0 bridgehead atoms. The Kier molecular flexibility index (Phi) is 12.3. The molecule has 0 aliphatic carbocycles. The summed E-state index contributed by atoms with van der Waals surface area (Å²) in [6.07, 6.45) is 2.85. The molecule has 31 heavy (non-hydrogen) atoms. The molecule has 11 nitrogen and oxygen atoms in total. The summed E-state index contributed by atoms with van der Waals surface area (Å²) >= 11 is 5.55. The number of carbonyl (C=O) groups is 5. The van der Waals surface area contributed by atoms with Crippen molar-refractivity contribution in [2.75, 3.05) is 24.3 Å². The summed E-state index contributed by atoms with van der Waals surface area (Å²) < 4.78 is 0. The summed E-state index contributed by atoms with van der Waals surface area (Å²) in [6.45, 7) is 0.722. The molecule has 1 aliphatic heterocycles. The van der Waals surface area contributed by atoms with Gasteiger partial charge in [-0.3, -0.25) is 19.2 Å². The quantitative estimate of drug-likeness (QED) is 0.152. The summed E-state index contributed by atoms with van der Waals surface area (Å²) in [5.41, 5.74) is 0. The molecule has 0 aromatic heterocycles. The zero-order chi connectivity index (χ0) is 23.4. The van der Waals surface area contributed by atoms with Crippen LogP contribution in [0.3, 0.4) is 0 Å². The number of carboxylic acids is 2. The molecule has 0 spiro atoms. The van der Waals surface area contributed by atoms with Gasteiger partial charge in [-0.1, -0.05) is 0 Å². The fraction of sp³-hybridized carbons (Fsp3) is 0.722. The molecule has 4 unspecified atom stereocenters. The Labute approximate surface area is 190 Å². The van der Waals surface area contributed by atoms with E-state index in [2.05, 4.69) is 33.9 Å². The van der Waals surface area contributed by atoms with Gasteiger partial charge in [-0.2, -0.15) is 24.4 Å². The van der Waals surface area contributed by atoms with E-state index >= 15 is 0 Å². The van der Waals surface area contributed by atoms with Crippen LogP contribution in [0.5, 0.6) is 0 Å². The Morgan fingerprint density at radius 1 is 1.03 bits per heavy atom. The minimum absolute atomic E-state index is 0.0114. The van der Waals surface area contributed by atoms with Crippen molar-refractivity contribution >= 4 is 54.1 Å². The number of hydrogen-bond donors (Lipinski definition) is 7. The SMILES string of the molecule is CSCCC(NC(=O)C(CS)NC(=O)C1CCCN1)C(=O)NC(CCC(=O)O)C(=O)O. The van der Waals surface area contributed by atoms with E-state index in [0.29, 0.717) is 12.2 Å². The minimum Gasteiger partial charge on any atom is -0.481 e. The van der Waals surface area contributed by atoms with Gasteiger partial charge in [-0.15, -0.1) is 0 Å². The van der Waals surface area contributed by atoms with Gasteiger partial charge in [0.1, 0.15) is 18.1 Å². The molecular formula is C18H30N4O7S2. The highest BCUT2D eigenvalue weighted by Gasteiger charge is 2.30. The Morgan fingerprint density at radius 2 is 1.68 bits per heavy atom. The minimum atomic E-state index is -1.40. The van der Waals surface area contributed by atoms with E-state index in [-0.39, 0.29) is 30.5 Å². The molecule has 1 aliphatic rings. The normalized spacial score (nSPS) is 18.5. The molecule has 4 atom stereocenters. The predicted octanol–water partition coefficient (Wildman–Crippen LogP) is -1.17. The first kappa shape index (κ1) is 27.0. The smallest absolute Gasteiger partial charge is 0.326 e. The fourth-order valence-electron chi connectivity index (χ4n) is 2.95. The molecule has 13 heteroatoms. The molecule has 0 aromatic rings. The molecule has 0 saturated carbocycles. The van der Waals surface area contributed by atoms with Crippen molar-refractivity contribution in [1.29, 1.82) is 0 Å². The zero-order valence-corrected chi connectivity index (χ0v) is 19.0. The first-order chi connectivity index (χ1) is 14.7. The summed E-state index contributed by atoms with van der Waals surface area (Å²) in [5.74, 6) is -3.70. The van der Waals surface area contributed by atoms with Gasteiger partial charge < -0.3 is 31.5 Å². The summed E-state index contributed by atoms with van der Waals surface area (Å²) in [4.78, 5) is 59.6. The van der Waals surface area contributed by atoms with Crippen LogP contribution in [0.15, 0.2) is 0 Å². The number of thioether (sulfide) groups is 1. The van der Waals surface area contributed by atoms with E-state index in [9.17, 15) is 29.1 Å². The van der Waals surface area contributed by atoms with Crippen LogP contribution < -0.4 is 21.3 Å². The number of hydrogen-bond acceptors (Lipinski definition) is 8. The van der Waals surface area contributed by atoms with Gasteiger partial charge in [-0.25, -0.2) is 4.79 Å². The van der Waals surface area contributed by atoms with Gasteiger partial charge in [0, 0.05) is 12.2 Å². The van der Waals surface area contributed by atoms with Crippen LogP contribution in [0.2, 0.25) is 0 Å². The van der Waals surface area contributed by atoms with E-state index < -0.39 is 48.3 Å². The lowest BCUT2D eigenvalue weighted by Crippen LogP contribution is -2.57. The second-order valence-electron chi connectivity index (χ2n) is 7.07. The van der Waals surface area contributed by atoms with E-state index in [0.717, 1.165) is 13.0 Å². The number of carboxylic acid groups (broad SMARTS) is 2. The van der Waals surface area contributed by atoms with E-state index in [4.69, 9.17) is 5.11 Å². The van der Waals surface area contributed by atoms with Gasteiger partial charge >= 0.3 is 11.9 Å². The molecule has 1 fully saturated rings. The number of carbonyl (C=O) groups excluding carboxylic acids is 3. The summed E-state index contributed by atoms with van der Waals surface area (Å²) in [6, 6.07) is -3.79. The molecule has 3 amide bonds. The molecular weight excluding hydrogens is 448 g/mol. The summed E-state index contributed by atoms with van der Waals surface area (Å²) in [5, 5.41) is 28.5. The summed E-state index contributed by atoms with van der Waals surface area (Å²) in [7, 11) is 0. The van der Waals surface area contributed by atoms with Crippen LogP contribution in [0.1, 0.15) is 32.1 Å². The van der Waals surface area contributed by atoms with Crippen LogP contribution in [0.4, 0.5) is 0 Å². The predicted molar refractivity (Wildman–Crippen MR) is 118 cm³/mol. The average Bonchev–Trinajstić information content (AvgIpc) is 3.26. The first-order valence-electron chi connectivity index (χ1n) is 9.88. The third-order valence-corrected chi connectivity index (χ3v) is 5.71. The van der Waals surface area contributed by atoms with Gasteiger partial charge in [-0.05, 0) is 44.2 Å². The largest absolute Gasteiger partial charge is 0.481 e. The average molecular weight is 479 g/mol. The molecule has 0 radical (unpaired) electrons. The number of amides is 3. The van der Waals surface area contributed by atoms with Gasteiger partial charge in [0.25, 0.3) is 0 Å². The molecule has 176 valence electrons. The van der Waals surface area contributed by atoms with Crippen molar-refractivity contribution in [3.05, 3.63) is 0 Å². The van der Waals surface area contributed by atoms with Crippen LogP contribution in [0, 0.1) is 0 Å². The van der Waals surface area contributed by atoms with Crippen molar-refractivity contribution in [3.63, 3.8) is 0 Å². The molecule has 1 heterocycles. The van der Waals surface area contributed by atoms with E-state index in [1.54, 1.807) is 0 Å². The van der Waals surface area contributed by atoms with Gasteiger partial charge in [0.2, 0.25) is 17.7 Å². The molecule has 1 rings (SSSR count). The van der Waals surface area contributed by atoms with Crippen molar-refractivity contribution < 1.29 is 34.2 Å².